The van der Waals surface area contributed by atoms with Gasteiger partial charge < -0.3 is 10.3 Å². The highest BCUT2D eigenvalue weighted by molar-refractivity contribution is 5.82. The molecule has 1 aromatic heterocycles. The molecule has 1 fully saturated rings. The van der Waals surface area contributed by atoms with Crippen LogP contribution in [0.5, 0.6) is 0 Å². The van der Waals surface area contributed by atoms with Crippen molar-refractivity contribution in [3.63, 3.8) is 0 Å². The van der Waals surface area contributed by atoms with Gasteiger partial charge in [0, 0.05) is 36.2 Å². The lowest BCUT2D eigenvalue weighted by molar-refractivity contribution is 0.171. The van der Waals surface area contributed by atoms with Gasteiger partial charge >= 0.3 is 0 Å². The topological polar surface area (TPSA) is 31.1 Å². The Kier molecular flexibility index (Phi) is 4.38. The molecule has 0 radical (unpaired) electrons. The lowest BCUT2D eigenvalue weighted by Gasteiger charge is -2.32. The summed E-state index contributed by atoms with van der Waals surface area (Å²) in [7, 11) is 0. The molecule has 3 rings (SSSR count). The smallest absolute Gasteiger partial charge is 0.0457 e. The van der Waals surface area contributed by atoms with E-state index in [1.165, 1.54) is 48.8 Å². The Morgan fingerprint density at radius 3 is 2.90 bits per heavy atom. The van der Waals surface area contributed by atoms with Crippen LogP contribution in [0.3, 0.4) is 0 Å². The zero-order valence-electron chi connectivity index (χ0n) is 12.4. The third-order valence-corrected chi connectivity index (χ3v) is 4.45. The minimum absolute atomic E-state index is 0.640. The van der Waals surface area contributed by atoms with Gasteiger partial charge in [0.15, 0.2) is 0 Å². The number of fused-ring (bicyclic) bond motifs is 1. The zero-order valence-corrected chi connectivity index (χ0v) is 12.4. The summed E-state index contributed by atoms with van der Waals surface area (Å²) >= 11 is 0. The molecule has 108 valence electrons. The summed E-state index contributed by atoms with van der Waals surface area (Å²) in [4.78, 5) is 5.89. The highest BCUT2D eigenvalue weighted by Crippen LogP contribution is 2.17. The lowest BCUT2D eigenvalue weighted by Crippen LogP contribution is -2.42. The summed E-state index contributed by atoms with van der Waals surface area (Å²) in [6.07, 6.45) is 6.16. The lowest BCUT2D eigenvalue weighted by atomic mass is 10.1. The summed E-state index contributed by atoms with van der Waals surface area (Å²) in [5.74, 6) is 0. The third-order valence-electron chi connectivity index (χ3n) is 4.45. The summed E-state index contributed by atoms with van der Waals surface area (Å²) in [5, 5.41) is 4.96. The van der Waals surface area contributed by atoms with Gasteiger partial charge in [0.25, 0.3) is 0 Å². The first-order chi connectivity index (χ1) is 9.84. The molecular formula is C17H25N3. The van der Waals surface area contributed by atoms with Gasteiger partial charge in [0.05, 0.1) is 0 Å². The van der Waals surface area contributed by atoms with E-state index in [0.717, 1.165) is 13.1 Å². The fourth-order valence-corrected chi connectivity index (χ4v) is 3.21. The number of benzene rings is 1. The largest absolute Gasteiger partial charge is 0.361 e. The maximum Gasteiger partial charge on any atom is 0.0457 e. The van der Waals surface area contributed by atoms with Crippen molar-refractivity contribution in [2.24, 2.45) is 0 Å². The number of piperidine rings is 1. The van der Waals surface area contributed by atoms with Crippen LogP contribution in [0.15, 0.2) is 30.5 Å². The highest BCUT2D eigenvalue weighted by atomic mass is 15.2. The monoisotopic (exact) mass is 271 g/mol. The molecule has 3 heteroatoms. The Morgan fingerprint density at radius 2 is 2.05 bits per heavy atom. The van der Waals surface area contributed by atoms with Gasteiger partial charge in [0.2, 0.25) is 0 Å². The van der Waals surface area contributed by atoms with Gasteiger partial charge in [-0.1, -0.05) is 18.6 Å². The van der Waals surface area contributed by atoms with Gasteiger partial charge in [-0.3, -0.25) is 4.90 Å². The average Bonchev–Trinajstić information content (AvgIpc) is 2.97. The fourth-order valence-electron chi connectivity index (χ4n) is 3.21. The van der Waals surface area contributed by atoms with Crippen molar-refractivity contribution in [1.82, 2.24) is 15.2 Å². The van der Waals surface area contributed by atoms with Gasteiger partial charge in [0.1, 0.15) is 0 Å². The van der Waals surface area contributed by atoms with E-state index < -0.39 is 0 Å². The van der Waals surface area contributed by atoms with Crippen LogP contribution in [0, 0.1) is 0 Å². The van der Waals surface area contributed by atoms with Crippen LogP contribution in [0.25, 0.3) is 10.9 Å². The van der Waals surface area contributed by atoms with Gasteiger partial charge in [-0.2, -0.15) is 0 Å². The predicted molar refractivity (Wildman–Crippen MR) is 84.9 cm³/mol. The number of H-pyrrole nitrogens is 1. The molecule has 20 heavy (non-hydrogen) atoms. The van der Waals surface area contributed by atoms with Gasteiger partial charge in [-0.05, 0) is 50.6 Å². The predicted octanol–water partition coefficient (Wildman–Crippen LogP) is 3.13. The van der Waals surface area contributed by atoms with E-state index in [0.29, 0.717) is 6.04 Å². The number of aromatic nitrogens is 1. The van der Waals surface area contributed by atoms with Gasteiger partial charge in [-0.15, -0.1) is 0 Å². The van der Waals surface area contributed by atoms with E-state index in [1.807, 2.05) is 6.20 Å². The molecule has 2 aromatic rings. The molecule has 1 aliphatic heterocycles. The minimum atomic E-state index is 0.640. The Labute approximate surface area is 121 Å². The Morgan fingerprint density at radius 1 is 1.20 bits per heavy atom. The average molecular weight is 271 g/mol. The first kappa shape index (κ1) is 13.7. The molecule has 1 atom stereocenters. The van der Waals surface area contributed by atoms with E-state index >= 15 is 0 Å². The van der Waals surface area contributed by atoms with E-state index in [4.69, 9.17) is 0 Å². The molecule has 2 N–H and O–H groups in total. The van der Waals surface area contributed by atoms with Crippen molar-refractivity contribution in [3.05, 3.63) is 36.0 Å². The zero-order chi connectivity index (χ0) is 13.8. The molecule has 0 bridgehead atoms. The van der Waals surface area contributed by atoms with Crippen LogP contribution < -0.4 is 5.32 Å². The highest BCUT2D eigenvalue weighted by Gasteiger charge is 2.16. The standard InChI is InChI=1S/C17H25N3/c1-14(20-10-3-2-4-11-20)12-18-13-15-6-5-7-17-16(15)8-9-19-17/h5-9,14,18-19H,2-4,10-13H2,1H3. The third kappa shape index (κ3) is 3.05. The second kappa shape index (κ2) is 6.42. The summed E-state index contributed by atoms with van der Waals surface area (Å²) in [6.45, 7) is 6.91. The molecule has 0 saturated carbocycles. The van der Waals surface area contributed by atoms with Gasteiger partial charge in [-0.25, -0.2) is 0 Å². The van der Waals surface area contributed by atoms with E-state index in [9.17, 15) is 0 Å². The van der Waals surface area contributed by atoms with Crippen LogP contribution in [-0.2, 0) is 6.54 Å². The maximum atomic E-state index is 3.63. The Hall–Kier alpha value is -1.32. The van der Waals surface area contributed by atoms with Crippen LogP contribution >= 0.6 is 0 Å². The number of aromatic amines is 1. The van der Waals surface area contributed by atoms with E-state index in [-0.39, 0.29) is 0 Å². The quantitative estimate of drug-likeness (QED) is 0.875. The molecule has 3 nitrogen and oxygen atoms in total. The number of hydrogen-bond donors (Lipinski definition) is 2. The summed E-state index contributed by atoms with van der Waals surface area (Å²) in [5.41, 5.74) is 2.61. The van der Waals surface area contributed by atoms with Crippen molar-refractivity contribution < 1.29 is 0 Å². The molecular weight excluding hydrogens is 246 g/mol. The number of nitrogens with zero attached hydrogens (tertiary/aromatic N) is 1. The molecule has 0 aliphatic carbocycles. The molecule has 2 heterocycles. The van der Waals surface area contributed by atoms with Crippen molar-refractivity contribution >= 4 is 10.9 Å². The Bertz CT molecular complexity index is 540. The first-order valence-electron chi connectivity index (χ1n) is 7.84. The van der Waals surface area contributed by atoms with Crippen molar-refractivity contribution in [1.29, 1.82) is 0 Å². The number of likely N-dealkylation sites (tertiary alicyclic amines) is 1. The number of rotatable bonds is 5. The van der Waals surface area contributed by atoms with Crippen molar-refractivity contribution in [2.45, 2.75) is 38.8 Å². The van der Waals surface area contributed by atoms with Crippen LogP contribution in [0.1, 0.15) is 31.7 Å². The SMILES string of the molecule is CC(CNCc1cccc2[nH]ccc12)N1CCCCC1. The minimum Gasteiger partial charge on any atom is -0.361 e. The molecule has 1 saturated heterocycles. The summed E-state index contributed by atoms with van der Waals surface area (Å²) < 4.78 is 0. The maximum absolute atomic E-state index is 3.63. The molecule has 0 amide bonds. The molecule has 0 spiro atoms. The number of hydrogen-bond acceptors (Lipinski definition) is 2. The van der Waals surface area contributed by atoms with E-state index in [1.54, 1.807) is 0 Å². The van der Waals surface area contributed by atoms with Crippen molar-refractivity contribution in [3.8, 4) is 0 Å². The first-order valence-corrected chi connectivity index (χ1v) is 7.84. The molecule has 1 aliphatic rings. The Balaban J connectivity index is 1.53. The number of nitrogens with one attached hydrogen (secondary N) is 2. The van der Waals surface area contributed by atoms with Crippen LogP contribution in [0.4, 0.5) is 0 Å². The second-order valence-corrected chi connectivity index (χ2v) is 5.93. The van der Waals surface area contributed by atoms with Crippen molar-refractivity contribution in [2.75, 3.05) is 19.6 Å². The van der Waals surface area contributed by atoms with Crippen LogP contribution in [0.2, 0.25) is 0 Å². The van der Waals surface area contributed by atoms with Crippen LogP contribution in [-0.4, -0.2) is 35.6 Å². The normalized spacial score (nSPS) is 18.4. The van der Waals surface area contributed by atoms with E-state index in [2.05, 4.69) is 46.4 Å². The summed E-state index contributed by atoms with van der Waals surface area (Å²) in [6, 6.07) is 9.29. The fraction of sp³-hybridized carbons (Fsp3) is 0.529. The molecule has 1 unspecified atom stereocenters. The second-order valence-electron chi connectivity index (χ2n) is 5.93. The molecule has 1 aromatic carbocycles.